The minimum absolute atomic E-state index is 0.0915. The van der Waals surface area contributed by atoms with E-state index in [1.165, 1.54) is 6.07 Å². The smallest absolute Gasteiger partial charge is 0.308 e. The number of aliphatic carboxylic acids is 1. The number of nitrogens with one attached hydrogen (secondary N) is 1. The predicted octanol–water partition coefficient (Wildman–Crippen LogP) is 2.62. The van der Waals surface area contributed by atoms with Crippen LogP contribution in [0, 0.1) is 5.41 Å². The van der Waals surface area contributed by atoms with Crippen molar-refractivity contribution >= 4 is 27.3 Å². The van der Waals surface area contributed by atoms with Crippen LogP contribution < -0.4 is 4.72 Å². The molecule has 1 saturated carbocycles. The average Bonchev–Trinajstić information content (AvgIpc) is 3.06. The number of hydrogen-bond donors (Lipinski definition) is 2. The quantitative estimate of drug-likeness (QED) is 0.804. The van der Waals surface area contributed by atoms with Gasteiger partial charge in [-0.05, 0) is 36.8 Å². The van der Waals surface area contributed by atoms with Crippen LogP contribution in [0.15, 0.2) is 16.3 Å². The van der Waals surface area contributed by atoms with Crippen LogP contribution in [0.2, 0.25) is 0 Å². The lowest BCUT2D eigenvalue weighted by Crippen LogP contribution is -2.35. The van der Waals surface area contributed by atoms with Crippen molar-refractivity contribution in [3.05, 3.63) is 17.0 Å². The van der Waals surface area contributed by atoms with Crippen molar-refractivity contribution in [2.45, 2.75) is 49.7 Å². The van der Waals surface area contributed by atoms with Crippen molar-refractivity contribution in [1.29, 1.82) is 0 Å². The molecule has 0 unspecified atom stereocenters. The van der Waals surface area contributed by atoms with Gasteiger partial charge in [-0.25, -0.2) is 13.1 Å². The van der Waals surface area contributed by atoms with Gasteiger partial charge in [0.15, 0.2) is 0 Å². The number of carbonyl (C=O) groups is 1. The fourth-order valence-corrected chi connectivity index (χ4v) is 5.39. The minimum atomic E-state index is -3.54. The molecule has 1 aliphatic carbocycles. The first kappa shape index (κ1) is 16.5. The van der Waals surface area contributed by atoms with E-state index in [0.717, 1.165) is 43.4 Å². The van der Waals surface area contributed by atoms with Crippen molar-refractivity contribution in [2.75, 3.05) is 6.54 Å². The second kappa shape index (κ2) is 6.46. The molecule has 0 atom stereocenters. The van der Waals surface area contributed by atoms with Crippen LogP contribution in [0.5, 0.6) is 0 Å². The van der Waals surface area contributed by atoms with Crippen LogP contribution in [0.3, 0.4) is 0 Å². The molecule has 1 heterocycles. The van der Waals surface area contributed by atoms with Gasteiger partial charge < -0.3 is 5.11 Å². The molecule has 0 spiro atoms. The van der Waals surface area contributed by atoms with Gasteiger partial charge in [-0.1, -0.05) is 19.8 Å². The third kappa shape index (κ3) is 4.05. The first-order valence-electron chi connectivity index (χ1n) is 7.17. The van der Waals surface area contributed by atoms with Crippen molar-refractivity contribution in [2.24, 2.45) is 5.41 Å². The summed E-state index contributed by atoms with van der Waals surface area (Å²) < 4.78 is 27.5. The lowest BCUT2D eigenvalue weighted by molar-refractivity contribution is -0.136. The summed E-state index contributed by atoms with van der Waals surface area (Å²) >= 11 is 1.03. The third-order valence-electron chi connectivity index (χ3n) is 4.28. The molecule has 2 rings (SSSR count). The Morgan fingerprint density at radius 1 is 1.38 bits per heavy atom. The van der Waals surface area contributed by atoms with Gasteiger partial charge in [0.25, 0.3) is 0 Å². The molecule has 7 heteroatoms. The highest BCUT2D eigenvalue weighted by molar-refractivity contribution is 7.91. The summed E-state index contributed by atoms with van der Waals surface area (Å²) in [5.74, 6) is -0.954. The van der Waals surface area contributed by atoms with Gasteiger partial charge in [-0.2, -0.15) is 0 Å². The Kier molecular flexibility index (Phi) is 5.06. The Bertz CT molecular complexity index is 600. The zero-order chi connectivity index (χ0) is 15.5. The van der Waals surface area contributed by atoms with E-state index in [4.69, 9.17) is 5.11 Å². The zero-order valence-electron chi connectivity index (χ0n) is 12.1. The molecule has 1 aliphatic rings. The molecular formula is C14H21NO4S2. The number of hydrogen-bond acceptors (Lipinski definition) is 4. The van der Waals surface area contributed by atoms with E-state index in [9.17, 15) is 13.2 Å². The summed E-state index contributed by atoms with van der Waals surface area (Å²) in [6, 6.07) is 3.05. The summed E-state index contributed by atoms with van der Waals surface area (Å²) in [5.41, 5.74) is 0.0915. The predicted molar refractivity (Wildman–Crippen MR) is 82.0 cm³/mol. The molecule has 21 heavy (non-hydrogen) atoms. The van der Waals surface area contributed by atoms with Crippen molar-refractivity contribution in [3.63, 3.8) is 0 Å². The van der Waals surface area contributed by atoms with Gasteiger partial charge in [-0.3, -0.25) is 4.79 Å². The van der Waals surface area contributed by atoms with E-state index in [0.29, 0.717) is 11.4 Å². The summed E-state index contributed by atoms with van der Waals surface area (Å²) in [4.78, 5) is 11.2. The lowest BCUT2D eigenvalue weighted by atomic mass is 9.84. The summed E-state index contributed by atoms with van der Waals surface area (Å²) in [6.07, 6.45) is 5.30. The molecule has 0 radical (unpaired) electrons. The van der Waals surface area contributed by atoms with E-state index in [-0.39, 0.29) is 16.0 Å². The summed E-state index contributed by atoms with van der Waals surface area (Å²) in [7, 11) is -3.54. The largest absolute Gasteiger partial charge is 0.481 e. The van der Waals surface area contributed by atoms with E-state index in [2.05, 4.69) is 11.6 Å². The fourth-order valence-electron chi connectivity index (χ4n) is 2.85. The van der Waals surface area contributed by atoms with E-state index < -0.39 is 16.0 Å². The molecule has 5 nitrogen and oxygen atoms in total. The molecule has 1 aromatic rings. The Balaban J connectivity index is 2.04. The summed E-state index contributed by atoms with van der Waals surface area (Å²) in [6.45, 7) is 2.58. The van der Waals surface area contributed by atoms with E-state index in [1.807, 2.05) is 0 Å². The van der Waals surface area contributed by atoms with Gasteiger partial charge in [0, 0.05) is 11.4 Å². The van der Waals surface area contributed by atoms with Crippen LogP contribution in [0.1, 0.15) is 43.9 Å². The van der Waals surface area contributed by atoms with Crippen LogP contribution in [-0.2, 0) is 21.2 Å². The minimum Gasteiger partial charge on any atom is -0.481 e. The maximum Gasteiger partial charge on any atom is 0.308 e. The Labute approximate surface area is 129 Å². The van der Waals surface area contributed by atoms with Crippen LogP contribution in [0.25, 0.3) is 0 Å². The topological polar surface area (TPSA) is 83.5 Å². The maximum atomic E-state index is 12.3. The molecule has 118 valence electrons. The maximum absolute atomic E-state index is 12.3. The number of rotatable bonds is 7. The highest BCUT2D eigenvalue weighted by Gasteiger charge is 2.33. The van der Waals surface area contributed by atoms with E-state index in [1.54, 1.807) is 6.07 Å². The van der Waals surface area contributed by atoms with Gasteiger partial charge >= 0.3 is 5.97 Å². The molecule has 0 saturated heterocycles. The lowest BCUT2D eigenvalue weighted by Gasteiger charge is -2.27. The van der Waals surface area contributed by atoms with E-state index >= 15 is 0 Å². The van der Waals surface area contributed by atoms with Crippen molar-refractivity contribution < 1.29 is 18.3 Å². The molecule has 0 aromatic carbocycles. The number of thiophene rings is 1. The SMILES string of the molecule is CCC1(CNS(=O)(=O)c2ccc(CC(=O)O)s2)CCCC1. The fraction of sp³-hybridized carbons (Fsp3) is 0.643. The summed E-state index contributed by atoms with van der Waals surface area (Å²) in [5, 5.41) is 8.73. The van der Waals surface area contributed by atoms with Gasteiger partial charge in [-0.15, -0.1) is 11.3 Å². The Hall–Kier alpha value is -0.920. The normalized spacial score (nSPS) is 18.0. The van der Waals surface area contributed by atoms with Gasteiger partial charge in [0.05, 0.1) is 6.42 Å². The zero-order valence-corrected chi connectivity index (χ0v) is 13.7. The second-order valence-corrected chi connectivity index (χ2v) is 8.84. The third-order valence-corrected chi connectivity index (χ3v) is 7.26. The first-order chi connectivity index (χ1) is 9.87. The van der Waals surface area contributed by atoms with Crippen molar-refractivity contribution in [1.82, 2.24) is 4.72 Å². The Morgan fingerprint density at radius 2 is 2.05 bits per heavy atom. The highest BCUT2D eigenvalue weighted by atomic mass is 32.2. The molecule has 1 aromatic heterocycles. The van der Waals surface area contributed by atoms with Crippen LogP contribution in [-0.4, -0.2) is 26.0 Å². The number of carboxylic acids is 1. The standard InChI is InChI=1S/C14H21NO4S2/c1-2-14(7-3-4-8-14)10-15-21(18,19)13-6-5-11(20-13)9-12(16)17/h5-6,15H,2-4,7-10H2,1H3,(H,16,17). The molecular weight excluding hydrogens is 310 g/mol. The second-order valence-electron chi connectivity index (χ2n) is 5.68. The first-order valence-corrected chi connectivity index (χ1v) is 9.47. The molecule has 2 N–H and O–H groups in total. The molecule has 0 amide bonds. The van der Waals surface area contributed by atoms with Crippen LogP contribution >= 0.6 is 11.3 Å². The van der Waals surface area contributed by atoms with Crippen LogP contribution in [0.4, 0.5) is 0 Å². The Morgan fingerprint density at radius 3 is 2.62 bits per heavy atom. The molecule has 1 fully saturated rings. The highest BCUT2D eigenvalue weighted by Crippen LogP contribution is 2.40. The van der Waals surface area contributed by atoms with Gasteiger partial charge in [0.1, 0.15) is 4.21 Å². The monoisotopic (exact) mass is 331 g/mol. The number of sulfonamides is 1. The molecule has 0 aliphatic heterocycles. The molecule has 0 bridgehead atoms. The average molecular weight is 331 g/mol. The number of carboxylic acid groups (broad SMARTS) is 1. The van der Waals surface area contributed by atoms with Gasteiger partial charge in [0.2, 0.25) is 10.0 Å². The van der Waals surface area contributed by atoms with Crippen molar-refractivity contribution in [3.8, 4) is 0 Å².